The zero-order valence-corrected chi connectivity index (χ0v) is 12.5. The molecule has 0 amide bonds. The molecule has 1 aliphatic rings. The summed E-state index contributed by atoms with van der Waals surface area (Å²) >= 11 is 0. The van der Waals surface area contributed by atoms with Gasteiger partial charge >= 0.3 is 0 Å². The van der Waals surface area contributed by atoms with Crippen LogP contribution in [0.1, 0.15) is 20.3 Å². The number of hydrogen-bond acceptors (Lipinski definition) is 7. The van der Waals surface area contributed by atoms with E-state index in [2.05, 4.69) is 39.0 Å². The van der Waals surface area contributed by atoms with E-state index in [-0.39, 0.29) is 0 Å². The highest BCUT2D eigenvalue weighted by molar-refractivity contribution is 5.64. The third-order valence-corrected chi connectivity index (χ3v) is 3.95. The van der Waals surface area contributed by atoms with Crippen molar-refractivity contribution in [3.05, 3.63) is 6.33 Å². The summed E-state index contributed by atoms with van der Waals surface area (Å²) < 4.78 is 5.39. The minimum Gasteiger partial charge on any atom is -0.490 e. The Hall–Kier alpha value is -1.60. The van der Waals surface area contributed by atoms with E-state index >= 15 is 0 Å². The molecule has 1 fully saturated rings. The van der Waals surface area contributed by atoms with Gasteiger partial charge in [0.25, 0.3) is 0 Å². The van der Waals surface area contributed by atoms with Crippen LogP contribution in [0.15, 0.2) is 6.33 Å². The number of piperazine rings is 1. The Kier molecular flexibility index (Phi) is 4.97. The van der Waals surface area contributed by atoms with Crippen LogP contribution in [0, 0.1) is 0 Å². The van der Waals surface area contributed by atoms with Crippen LogP contribution in [0.3, 0.4) is 0 Å². The topological polar surface area (TPSA) is 79.5 Å². The first kappa shape index (κ1) is 14.8. The highest BCUT2D eigenvalue weighted by Crippen LogP contribution is 2.31. The fraction of sp³-hybridized carbons (Fsp3) is 0.692. The van der Waals surface area contributed by atoms with Gasteiger partial charge in [-0.25, -0.2) is 15.8 Å². The fourth-order valence-electron chi connectivity index (χ4n) is 2.51. The third-order valence-electron chi connectivity index (χ3n) is 3.95. The summed E-state index contributed by atoms with van der Waals surface area (Å²) in [5.74, 6) is 7.38. The summed E-state index contributed by atoms with van der Waals surface area (Å²) in [5.41, 5.74) is 2.55. The lowest BCUT2D eigenvalue weighted by Gasteiger charge is -2.38. The maximum Gasteiger partial charge on any atom is 0.205 e. The van der Waals surface area contributed by atoms with Gasteiger partial charge in [-0.15, -0.1) is 0 Å². The Balaban J connectivity index is 2.11. The lowest BCUT2D eigenvalue weighted by atomic mass is 10.2. The second-order valence-corrected chi connectivity index (χ2v) is 5.00. The van der Waals surface area contributed by atoms with Gasteiger partial charge in [-0.3, -0.25) is 4.90 Å². The molecule has 2 heterocycles. The second kappa shape index (κ2) is 6.71. The number of nitrogens with zero attached hydrogens (tertiary/aromatic N) is 4. The van der Waals surface area contributed by atoms with Crippen LogP contribution in [0.2, 0.25) is 0 Å². The summed E-state index contributed by atoms with van der Waals surface area (Å²) in [6.07, 6.45) is 2.69. The Morgan fingerprint density at radius 1 is 1.35 bits per heavy atom. The molecule has 7 nitrogen and oxygen atoms in total. The Bertz CT molecular complexity index is 433. The molecule has 1 unspecified atom stereocenters. The van der Waals surface area contributed by atoms with Crippen molar-refractivity contribution in [2.24, 2.45) is 5.84 Å². The van der Waals surface area contributed by atoms with Crippen LogP contribution >= 0.6 is 0 Å². The smallest absolute Gasteiger partial charge is 0.205 e. The molecule has 7 heteroatoms. The van der Waals surface area contributed by atoms with E-state index in [1.54, 1.807) is 7.11 Å². The van der Waals surface area contributed by atoms with E-state index in [1.165, 1.54) is 12.7 Å². The number of methoxy groups -OCH3 is 1. The fourth-order valence-corrected chi connectivity index (χ4v) is 2.51. The molecule has 1 aromatic rings. The predicted octanol–water partition coefficient (Wildman–Crippen LogP) is 0.691. The van der Waals surface area contributed by atoms with Crippen LogP contribution in [-0.2, 0) is 0 Å². The molecular weight excluding hydrogens is 256 g/mol. The van der Waals surface area contributed by atoms with E-state index in [0.717, 1.165) is 32.0 Å². The zero-order valence-electron chi connectivity index (χ0n) is 12.5. The van der Waals surface area contributed by atoms with Gasteiger partial charge in [-0.2, -0.15) is 0 Å². The van der Waals surface area contributed by atoms with Crippen LogP contribution in [-0.4, -0.2) is 54.2 Å². The van der Waals surface area contributed by atoms with Crippen molar-refractivity contribution in [3.8, 4) is 5.75 Å². The van der Waals surface area contributed by atoms with E-state index in [9.17, 15) is 0 Å². The quantitative estimate of drug-likeness (QED) is 0.607. The molecular formula is C13H24N6O. The molecule has 1 aromatic heterocycles. The average Bonchev–Trinajstić information content (AvgIpc) is 2.53. The molecule has 0 aromatic carbocycles. The molecule has 0 saturated carbocycles. The molecule has 2 rings (SSSR count). The number of ether oxygens (including phenoxy) is 1. The van der Waals surface area contributed by atoms with Gasteiger partial charge in [0.2, 0.25) is 5.75 Å². The number of anilines is 2. The molecule has 3 N–H and O–H groups in total. The number of nitrogens with two attached hydrogens (primary N) is 1. The van der Waals surface area contributed by atoms with Gasteiger partial charge in [0.15, 0.2) is 11.6 Å². The molecule has 112 valence electrons. The minimum absolute atomic E-state index is 0.516. The first-order valence-electron chi connectivity index (χ1n) is 7.05. The molecule has 1 atom stereocenters. The number of aromatic nitrogens is 2. The second-order valence-electron chi connectivity index (χ2n) is 5.00. The van der Waals surface area contributed by atoms with Crippen LogP contribution in [0.25, 0.3) is 0 Å². The summed E-state index contributed by atoms with van der Waals surface area (Å²) in [6, 6.07) is 0.630. The Morgan fingerprint density at radius 3 is 2.60 bits per heavy atom. The van der Waals surface area contributed by atoms with E-state index < -0.39 is 0 Å². The molecule has 20 heavy (non-hydrogen) atoms. The molecule has 0 radical (unpaired) electrons. The predicted molar refractivity (Wildman–Crippen MR) is 79.9 cm³/mol. The normalized spacial score (nSPS) is 17.9. The van der Waals surface area contributed by atoms with Gasteiger partial charge in [0, 0.05) is 32.2 Å². The van der Waals surface area contributed by atoms with Gasteiger partial charge in [-0.1, -0.05) is 6.92 Å². The molecule has 0 spiro atoms. The van der Waals surface area contributed by atoms with Crippen molar-refractivity contribution in [2.45, 2.75) is 26.3 Å². The van der Waals surface area contributed by atoms with Crippen molar-refractivity contribution in [1.82, 2.24) is 14.9 Å². The SMILES string of the molecule is CCC(C)N1CCN(c2ncnc(NN)c2OC)CC1. The summed E-state index contributed by atoms with van der Waals surface area (Å²) in [5, 5.41) is 0. The zero-order chi connectivity index (χ0) is 14.5. The third kappa shape index (κ3) is 2.94. The van der Waals surface area contributed by atoms with Crippen molar-refractivity contribution in [2.75, 3.05) is 43.6 Å². The van der Waals surface area contributed by atoms with Crippen molar-refractivity contribution in [1.29, 1.82) is 0 Å². The van der Waals surface area contributed by atoms with Crippen molar-refractivity contribution in [3.63, 3.8) is 0 Å². The Labute approximate surface area is 120 Å². The number of nitrogen functional groups attached to an aromatic ring is 1. The van der Waals surface area contributed by atoms with Gasteiger partial charge < -0.3 is 15.1 Å². The maximum atomic E-state index is 5.46. The van der Waals surface area contributed by atoms with E-state index in [1.807, 2.05) is 0 Å². The highest BCUT2D eigenvalue weighted by atomic mass is 16.5. The van der Waals surface area contributed by atoms with Gasteiger partial charge in [-0.05, 0) is 13.3 Å². The first-order valence-corrected chi connectivity index (χ1v) is 7.05. The molecule has 1 saturated heterocycles. The number of hydrazine groups is 1. The van der Waals surface area contributed by atoms with Crippen molar-refractivity contribution >= 4 is 11.6 Å². The number of hydrogen-bond donors (Lipinski definition) is 2. The maximum absolute atomic E-state index is 5.46. The molecule has 0 bridgehead atoms. The molecule has 1 aliphatic heterocycles. The largest absolute Gasteiger partial charge is 0.490 e. The summed E-state index contributed by atoms with van der Waals surface area (Å²) in [6.45, 7) is 8.44. The Morgan fingerprint density at radius 2 is 2.05 bits per heavy atom. The minimum atomic E-state index is 0.516. The standard InChI is InChI=1S/C13H24N6O/c1-4-10(2)18-5-7-19(8-6-18)13-11(20-3)12(17-14)15-9-16-13/h9-10H,4-8,14H2,1-3H3,(H,15,16,17). The van der Waals surface area contributed by atoms with Gasteiger partial charge in [0.05, 0.1) is 7.11 Å². The summed E-state index contributed by atoms with van der Waals surface area (Å²) in [4.78, 5) is 13.1. The lowest BCUT2D eigenvalue weighted by Crippen LogP contribution is -2.49. The van der Waals surface area contributed by atoms with Crippen LogP contribution < -0.4 is 20.9 Å². The summed E-state index contributed by atoms with van der Waals surface area (Å²) in [7, 11) is 1.61. The average molecular weight is 280 g/mol. The van der Waals surface area contributed by atoms with Crippen molar-refractivity contribution < 1.29 is 4.74 Å². The first-order chi connectivity index (χ1) is 9.71. The van der Waals surface area contributed by atoms with E-state index in [4.69, 9.17) is 10.6 Å². The number of nitrogens with one attached hydrogen (secondary N) is 1. The monoisotopic (exact) mass is 280 g/mol. The van der Waals surface area contributed by atoms with Crippen LogP contribution in [0.5, 0.6) is 5.75 Å². The molecule has 0 aliphatic carbocycles. The number of rotatable bonds is 5. The van der Waals surface area contributed by atoms with E-state index in [0.29, 0.717) is 17.6 Å². The van der Waals surface area contributed by atoms with Gasteiger partial charge in [0.1, 0.15) is 6.33 Å². The highest BCUT2D eigenvalue weighted by Gasteiger charge is 2.24. The van der Waals surface area contributed by atoms with Crippen LogP contribution in [0.4, 0.5) is 11.6 Å². The lowest BCUT2D eigenvalue weighted by molar-refractivity contribution is 0.192.